The molecule has 0 saturated heterocycles. The van der Waals surface area contributed by atoms with Crippen molar-refractivity contribution in [1.82, 2.24) is 5.16 Å². The number of aryl methyl sites for hydroxylation is 2. The largest absolute Gasteiger partial charge is 0.496 e. The van der Waals surface area contributed by atoms with E-state index in [1.807, 2.05) is 26.0 Å². The number of aromatic nitrogens is 1. The predicted octanol–water partition coefficient (Wildman–Crippen LogP) is 2.52. The molecule has 0 radical (unpaired) electrons. The number of hydrogen-bond acceptors (Lipinski definition) is 5. The summed E-state index contributed by atoms with van der Waals surface area (Å²) in [6.07, 6.45) is 0.848. The number of methoxy groups -OCH3 is 1. The number of rotatable bonds is 7. The summed E-state index contributed by atoms with van der Waals surface area (Å²) in [7, 11) is 1.66. The molecule has 114 valence electrons. The van der Waals surface area contributed by atoms with Crippen LogP contribution in [0.15, 0.2) is 22.7 Å². The third kappa shape index (κ3) is 3.83. The Balaban J connectivity index is 2.03. The average Bonchev–Trinajstić information content (AvgIpc) is 2.80. The summed E-state index contributed by atoms with van der Waals surface area (Å²) in [6, 6.07) is 6.07. The summed E-state index contributed by atoms with van der Waals surface area (Å²) in [5.41, 5.74) is 9.69. The van der Waals surface area contributed by atoms with Gasteiger partial charge in [0.2, 0.25) is 0 Å². The molecule has 0 aliphatic carbocycles. The Hall–Kier alpha value is -1.85. The van der Waals surface area contributed by atoms with Gasteiger partial charge in [0.15, 0.2) is 0 Å². The van der Waals surface area contributed by atoms with E-state index in [1.165, 1.54) is 5.56 Å². The van der Waals surface area contributed by atoms with E-state index in [-0.39, 0.29) is 0 Å². The summed E-state index contributed by atoms with van der Waals surface area (Å²) >= 11 is 0. The van der Waals surface area contributed by atoms with E-state index >= 15 is 0 Å². The first kappa shape index (κ1) is 15.5. The highest BCUT2D eigenvalue weighted by Gasteiger charge is 2.10. The van der Waals surface area contributed by atoms with E-state index in [0.717, 1.165) is 34.8 Å². The Morgan fingerprint density at radius 1 is 1.24 bits per heavy atom. The molecule has 0 bridgehead atoms. The van der Waals surface area contributed by atoms with Crippen molar-refractivity contribution < 1.29 is 14.0 Å². The zero-order valence-electron chi connectivity index (χ0n) is 12.8. The molecule has 0 saturated carbocycles. The van der Waals surface area contributed by atoms with Crippen molar-refractivity contribution in [2.75, 3.05) is 13.7 Å². The second-order valence-corrected chi connectivity index (χ2v) is 4.98. The third-order valence-corrected chi connectivity index (χ3v) is 3.46. The molecule has 0 atom stereocenters. The first-order chi connectivity index (χ1) is 10.2. The quantitative estimate of drug-likeness (QED) is 0.848. The van der Waals surface area contributed by atoms with Crippen LogP contribution in [0.1, 0.15) is 28.1 Å². The SMILES string of the molecule is COc1ccc(CCN)cc1COCc1c(C)noc1C. The maximum atomic E-state index is 5.79. The fraction of sp³-hybridized carbons (Fsp3) is 0.438. The smallest absolute Gasteiger partial charge is 0.139 e. The van der Waals surface area contributed by atoms with Crippen LogP contribution in [-0.2, 0) is 24.4 Å². The van der Waals surface area contributed by atoms with E-state index in [9.17, 15) is 0 Å². The minimum atomic E-state index is 0.478. The molecule has 1 aromatic heterocycles. The van der Waals surface area contributed by atoms with Gasteiger partial charge in [0.05, 0.1) is 26.0 Å². The Labute approximate surface area is 125 Å². The standard InChI is InChI=1S/C16H22N2O3/c1-11-15(12(2)21-18-11)10-20-9-14-8-13(6-7-17)4-5-16(14)19-3/h4-5,8H,6-7,9-10,17H2,1-3H3. The summed E-state index contributed by atoms with van der Waals surface area (Å²) in [6.45, 7) is 5.39. The normalized spacial score (nSPS) is 10.9. The van der Waals surface area contributed by atoms with Crippen LogP contribution >= 0.6 is 0 Å². The van der Waals surface area contributed by atoms with Crippen LogP contribution in [0, 0.1) is 13.8 Å². The minimum Gasteiger partial charge on any atom is -0.496 e. The van der Waals surface area contributed by atoms with E-state index < -0.39 is 0 Å². The van der Waals surface area contributed by atoms with Gasteiger partial charge in [-0.2, -0.15) is 0 Å². The summed E-state index contributed by atoms with van der Waals surface area (Å²) in [5, 5.41) is 3.92. The molecule has 1 aromatic carbocycles. The highest BCUT2D eigenvalue weighted by atomic mass is 16.5. The lowest BCUT2D eigenvalue weighted by atomic mass is 10.1. The fourth-order valence-electron chi connectivity index (χ4n) is 2.24. The predicted molar refractivity (Wildman–Crippen MR) is 80.2 cm³/mol. The van der Waals surface area contributed by atoms with Gasteiger partial charge in [-0.1, -0.05) is 11.2 Å². The topological polar surface area (TPSA) is 70.5 Å². The van der Waals surface area contributed by atoms with Crippen molar-refractivity contribution in [2.45, 2.75) is 33.5 Å². The molecule has 2 rings (SSSR count). The van der Waals surface area contributed by atoms with Crippen molar-refractivity contribution in [3.05, 3.63) is 46.3 Å². The number of nitrogens with zero attached hydrogens (tertiary/aromatic N) is 1. The molecular formula is C16H22N2O3. The molecule has 1 heterocycles. The Morgan fingerprint density at radius 3 is 2.67 bits per heavy atom. The van der Waals surface area contributed by atoms with E-state index in [2.05, 4.69) is 11.2 Å². The first-order valence-corrected chi connectivity index (χ1v) is 7.01. The lowest BCUT2D eigenvalue weighted by molar-refractivity contribution is 0.104. The molecule has 0 spiro atoms. The van der Waals surface area contributed by atoms with Crippen LogP contribution in [0.2, 0.25) is 0 Å². The molecule has 0 aliphatic rings. The van der Waals surface area contributed by atoms with Gasteiger partial charge in [-0.3, -0.25) is 0 Å². The lowest BCUT2D eigenvalue weighted by Crippen LogP contribution is -2.04. The summed E-state index contributed by atoms with van der Waals surface area (Å²) in [5.74, 6) is 1.63. The maximum Gasteiger partial charge on any atom is 0.139 e. The summed E-state index contributed by atoms with van der Waals surface area (Å²) < 4.78 is 16.3. The van der Waals surface area contributed by atoms with E-state index in [1.54, 1.807) is 7.11 Å². The lowest BCUT2D eigenvalue weighted by Gasteiger charge is -2.11. The van der Waals surface area contributed by atoms with Crippen LogP contribution in [0.5, 0.6) is 5.75 Å². The highest BCUT2D eigenvalue weighted by Crippen LogP contribution is 2.22. The molecule has 0 fully saturated rings. The number of ether oxygens (including phenoxy) is 2. The van der Waals surface area contributed by atoms with Crippen LogP contribution in [0.3, 0.4) is 0 Å². The average molecular weight is 290 g/mol. The highest BCUT2D eigenvalue weighted by molar-refractivity contribution is 5.37. The zero-order valence-corrected chi connectivity index (χ0v) is 12.8. The fourth-order valence-corrected chi connectivity index (χ4v) is 2.24. The number of nitrogens with two attached hydrogens (primary N) is 1. The molecule has 2 aromatic rings. The molecule has 5 nitrogen and oxygen atoms in total. The van der Waals surface area contributed by atoms with Gasteiger partial charge in [-0.25, -0.2) is 0 Å². The molecule has 0 unspecified atom stereocenters. The van der Waals surface area contributed by atoms with Crippen molar-refractivity contribution in [3.8, 4) is 5.75 Å². The Morgan fingerprint density at radius 2 is 2.05 bits per heavy atom. The third-order valence-electron chi connectivity index (χ3n) is 3.46. The monoisotopic (exact) mass is 290 g/mol. The van der Waals surface area contributed by atoms with Crippen molar-refractivity contribution in [1.29, 1.82) is 0 Å². The van der Waals surface area contributed by atoms with Crippen LogP contribution < -0.4 is 10.5 Å². The Bertz CT molecular complexity index is 574. The molecule has 0 aliphatic heterocycles. The molecule has 2 N–H and O–H groups in total. The van der Waals surface area contributed by atoms with Gasteiger partial charge in [0.25, 0.3) is 0 Å². The molecule has 5 heteroatoms. The van der Waals surface area contributed by atoms with Crippen molar-refractivity contribution >= 4 is 0 Å². The number of hydrogen-bond donors (Lipinski definition) is 1. The van der Waals surface area contributed by atoms with Gasteiger partial charge < -0.3 is 19.7 Å². The van der Waals surface area contributed by atoms with Crippen LogP contribution in [0.4, 0.5) is 0 Å². The number of benzene rings is 1. The van der Waals surface area contributed by atoms with Crippen LogP contribution in [-0.4, -0.2) is 18.8 Å². The van der Waals surface area contributed by atoms with Crippen molar-refractivity contribution in [2.24, 2.45) is 5.73 Å². The molecular weight excluding hydrogens is 268 g/mol. The Kier molecular flexibility index (Phi) is 5.36. The second kappa shape index (κ2) is 7.24. The second-order valence-electron chi connectivity index (χ2n) is 4.98. The van der Waals surface area contributed by atoms with Crippen LogP contribution in [0.25, 0.3) is 0 Å². The maximum absolute atomic E-state index is 5.79. The van der Waals surface area contributed by atoms with Gasteiger partial charge in [-0.05, 0) is 44.5 Å². The molecule has 21 heavy (non-hydrogen) atoms. The van der Waals surface area contributed by atoms with E-state index in [0.29, 0.717) is 19.8 Å². The minimum absolute atomic E-state index is 0.478. The van der Waals surface area contributed by atoms with Crippen molar-refractivity contribution in [3.63, 3.8) is 0 Å². The van der Waals surface area contributed by atoms with Gasteiger partial charge in [0, 0.05) is 11.1 Å². The van der Waals surface area contributed by atoms with Gasteiger partial charge in [0.1, 0.15) is 11.5 Å². The molecule has 0 amide bonds. The van der Waals surface area contributed by atoms with Gasteiger partial charge in [-0.15, -0.1) is 0 Å². The zero-order chi connectivity index (χ0) is 15.2. The van der Waals surface area contributed by atoms with E-state index in [4.69, 9.17) is 19.7 Å². The first-order valence-electron chi connectivity index (χ1n) is 7.01. The summed E-state index contributed by atoms with van der Waals surface area (Å²) in [4.78, 5) is 0. The van der Waals surface area contributed by atoms with Gasteiger partial charge >= 0.3 is 0 Å².